The van der Waals surface area contributed by atoms with Crippen LogP contribution in [0, 0.1) is 5.92 Å². The van der Waals surface area contributed by atoms with Crippen molar-refractivity contribution in [1.29, 1.82) is 0 Å². The molecule has 26 heavy (non-hydrogen) atoms. The van der Waals surface area contributed by atoms with Gasteiger partial charge >= 0.3 is 0 Å². The average molecular weight is 377 g/mol. The van der Waals surface area contributed by atoms with E-state index in [0.717, 1.165) is 0 Å². The van der Waals surface area contributed by atoms with Crippen LogP contribution in [0.2, 0.25) is 0 Å². The van der Waals surface area contributed by atoms with Crippen molar-refractivity contribution in [2.45, 2.75) is 32.6 Å². The van der Waals surface area contributed by atoms with Gasteiger partial charge in [-0.05, 0) is 18.9 Å². The number of rotatable bonds is 3. The summed E-state index contributed by atoms with van der Waals surface area (Å²) in [7, 11) is -3.15. The predicted octanol–water partition coefficient (Wildman–Crippen LogP) is 1.31. The Bertz CT molecular complexity index is 1010. The van der Waals surface area contributed by atoms with Crippen LogP contribution in [0.3, 0.4) is 0 Å². The summed E-state index contributed by atoms with van der Waals surface area (Å²) in [5.41, 5.74) is -0.0206. The molecule has 1 aliphatic heterocycles. The van der Waals surface area contributed by atoms with Gasteiger partial charge in [0.1, 0.15) is 0 Å². The zero-order chi connectivity index (χ0) is 19.1. The van der Waals surface area contributed by atoms with E-state index < -0.39 is 15.1 Å². The van der Waals surface area contributed by atoms with Crippen LogP contribution < -0.4 is 5.56 Å². The molecule has 8 heteroatoms. The maximum Gasteiger partial charge on any atom is 0.275 e. The lowest BCUT2D eigenvalue weighted by Gasteiger charge is -2.31. The molecule has 1 amide bonds. The highest BCUT2D eigenvalue weighted by molar-refractivity contribution is 7.92. The molecule has 0 spiro atoms. The van der Waals surface area contributed by atoms with Gasteiger partial charge in [-0.25, -0.2) is 13.1 Å². The number of carbonyl (C=O) groups is 1. The zero-order valence-electron chi connectivity index (χ0n) is 15.2. The lowest BCUT2D eigenvalue weighted by Crippen LogP contribution is -2.48. The normalized spacial score (nSPS) is 19.8. The standard InChI is InChI=1S/C18H23N3O4S/c1-12(2)10-21-17(22)15-7-5-4-6-14(15)16(19-21)18(23)20-8-9-26(24,25)13(3)11-20/h4-7,12-13H,8-11H2,1-3H3/t13-/m1/s1. The van der Waals surface area contributed by atoms with Crippen molar-refractivity contribution in [3.63, 3.8) is 0 Å². The number of amides is 1. The Morgan fingerprint density at radius 3 is 2.54 bits per heavy atom. The Morgan fingerprint density at radius 2 is 1.92 bits per heavy atom. The van der Waals surface area contributed by atoms with Gasteiger partial charge in [0.05, 0.1) is 16.4 Å². The van der Waals surface area contributed by atoms with E-state index in [9.17, 15) is 18.0 Å². The molecule has 0 saturated carbocycles. The molecule has 2 heterocycles. The second-order valence-electron chi connectivity index (χ2n) is 7.20. The third kappa shape index (κ3) is 3.38. The minimum atomic E-state index is -3.15. The first-order valence-electron chi connectivity index (χ1n) is 8.71. The van der Waals surface area contributed by atoms with Crippen LogP contribution in [0.5, 0.6) is 0 Å². The summed E-state index contributed by atoms with van der Waals surface area (Å²) in [5, 5.41) is 4.69. The fraction of sp³-hybridized carbons (Fsp3) is 0.500. The highest BCUT2D eigenvalue weighted by Crippen LogP contribution is 2.19. The Balaban J connectivity index is 2.08. The van der Waals surface area contributed by atoms with Crippen molar-refractivity contribution in [3.05, 3.63) is 40.3 Å². The average Bonchev–Trinajstić information content (AvgIpc) is 2.59. The highest BCUT2D eigenvalue weighted by atomic mass is 32.2. The van der Waals surface area contributed by atoms with E-state index in [0.29, 0.717) is 17.3 Å². The summed E-state index contributed by atoms with van der Waals surface area (Å²) >= 11 is 0. The molecule has 7 nitrogen and oxygen atoms in total. The summed E-state index contributed by atoms with van der Waals surface area (Å²) < 4.78 is 25.2. The monoisotopic (exact) mass is 377 g/mol. The molecule has 1 saturated heterocycles. The van der Waals surface area contributed by atoms with E-state index in [-0.39, 0.29) is 41.9 Å². The molecule has 1 atom stereocenters. The Hall–Kier alpha value is -2.22. The number of sulfone groups is 1. The molecule has 1 aliphatic rings. The van der Waals surface area contributed by atoms with Gasteiger partial charge in [-0.15, -0.1) is 0 Å². The van der Waals surface area contributed by atoms with Gasteiger partial charge in [0.15, 0.2) is 15.5 Å². The van der Waals surface area contributed by atoms with Crippen LogP contribution in [-0.4, -0.2) is 53.1 Å². The number of benzene rings is 1. The third-order valence-corrected chi connectivity index (χ3v) is 6.76. The molecule has 0 N–H and O–H groups in total. The lowest BCUT2D eigenvalue weighted by molar-refractivity contribution is 0.0753. The molecule has 1 aromatic carbocycles. The van der Waals surface area contributed by atoms with Crippen molar-refractivity contribution in [2.24, 2.45) is 5.92 Å². The molecule has 2 aromatic rings. The summed E-state index contributed by atoms with van der Waals surface area (Å²) in [6.45, 7) is 6.25. The first-order valence-corrected chi connectivity index (χ1v) is 10.4. The molecule has 0 radical (unpaired) electrons. The second kappa shape index (κ2) is 6.83. The summed E-state index contributed by atoms with van der Waals surface area (Å²) in [6.07, 6.45) is 0. The van der Waals surface area contributed by atoms with Crippen molar-refractivity contribution in [1.82, 2.24) is 14.7 Å². The zero-order valence-corrected chi connectivity index (χ0v) is 16.0. The maximum absolute atomic E-state index is 13.1. The van der Waals surface area contributed by atoms with Crippen molar-refractivity contribution >= 4 is 26.5 Å². The lowest BCUT2D eigenvalue weighted by atomic mass is 10.1. The van der Waals surface area contributed by atoms with E-state index >= 15 is 0 Å². The number of fused-ring (bicyclic) bond motifs is 1. The SMILES string of the molecule is CC(C)Cn1nc(C(=O)N2CCS(=O)(=O)[C@H](C)C2)c2ccccc2c1=O. The van der Waals surface area contributed by atoms with Crippen LogP contribution in [0.25, 0.3) is 10.8 Å². The first kappa shape index (κ1) is 18.6. The quantitative estimate of drug-likeness (QED) is 0.805. The van der Waals surface area contributed by atoms with E-state index in [1.807, 2.05) is 13.8 Å². The number of carbonyl (C=O) groups excluding carboxylic acids is 1. The Kier molecular flexibility index (Phi) is 4.88. The Labute approximate surface area is 152 Å². The highest BCUT2D eigenvalue weighted by Gasteiger charge is 2.33. The summed E-state index contributed by atoms with van der Waals surface area (Å²) in [6, 6.07) is 6.92. The van der Waals surface area contributed by atoms with Gasteiger partial charge in [0.25, 0.3) is 11.5 Å². The van der Waals surface area contributed by atoms with Crippen molar-refractivity contribution in [3.8, 4) is 0 Å². The Morgan fingerprint density at radius 1 is 1.27 bits per heavy atom. The first-order chi connectivity index (χ1) is 12.2. The summed E-state index contributed by atoms with van der Waals surface area (Å²) in [4.78, 5) is 27.2. The molecule has 1 fully saturated rings. The van der Waals surface area contributed by atoms with Gasteiger partial charge in [-0.3, -0.25) is 9.59 Å². The van der Waals surface area contributed by atoms with E-state index in [1.54, 1.807) is 31.2 Å². The summed E-state index contributed by atoms with van der Waals surface area (Å²) in [5.74, 6) is -0.186. The fourth-order valence-electron chi connectivity index (χ4n) is 3.15. The molecule has 0 bridgehead atoms. The van der Waals surface area contributed by atoms with Gasteiger partial charge in [-0.2, -0.15) is 5.10 Å². The minimum absolute atomic E-state index is 0.0521. The minimum Gasteiger partial charge on any atom is -0.335 e. The number of hydrogen-bond donors (Lipinski definition) is 0. The van der Waals surface area contributed by atoms with Gasteiger partial charge < -0.3 is 4.90 Å². The van der Waals surface area contributed by atoms with E-state index in [4.69, 9.17) is 0 Å². The van der Waals surface area contributed by atoms with Crippen LogP contribution in [0.1, 0.15) is 31.3 Å². The van der Waals surface area contributed by atoms with Crippen LogP contribution >= 0.6 is 0 Å². The maximum atomic E-state index is 13.1. The van der Waals surface area contributed by atoms with E-state index in [2.05, 4.69) is 5.10 Å². The number of hydrogen-bond acceptors (Lipinski definition) is 5. The van der Waals surface area contributed by atoms with Gasteiger partial charge in [-0.1, -0.05) is 32.0 Å². The molecule has 1 aromatic heterocycles. The predicted molar refractivity (Wildman–Crippen MR) is 100.0 cm³/mol. The largest absolute Gasteiger partial charge is 0.335 e. The van der Waals surface area contributed by atoms with E-state index in [1.165, 1.54) is 9.58 Å². The molecule has 0 unspecified atom stereocenters. The number of aromatic nitrogens is 2. The third-order valence-electron chi connectivity index (χ3n) is 4.63. The van der Waals surface area contributed by atoms with Gasteiger partial charge in [0, 0.05) is 25.0 Å². The topological polar surface area (TPSA) is 89.3 Å². The smallest absolute Gasteiger partial charge is 0.275 e. The van der Waals surface area contributed by atoms with Crippen LogP contribution in [-0.2, 0) is 16.4 Å². The van der Waals surface area contributed by atoms with Gasteiger partial charge in [0.2, 0.25) is 0 Å². The fourth-order valence-corrected chi connectivity index (χ4v) is 4.44. The molecule has 140 valence electrons. The number of nitrogens with zero attached hydrogens (tertiary/aromatic N) is 3. The molecule has 0 aliphatic carbocycles. The van der Waals surface area contributed by atoms with Crippen LogP contribution in [0.15, 0.2) is 29.1 Å². The van der Waals surface area contributed by atoms with Crippen molar-refractivity contribution in [2.75, 3.05) is 18.8 Å². The molecule has 3 rings (SSSR count). The molecular weight excluding hydrogens is 354 g/mol. The van der Waals surface area contributed by atoms with Crippen LogP contribution in [0.4, 0.5) is 0 Å². The molecular formula is C18H23N3O4S. The second-order valence-corrected chi connectivity index (χ2v) is 9.74. The van der Waals surface area contributed by atoms with Crippen molar-refractivity contribution < 1.29 is 13.2 Å².